The molecule has 112 valence electrons. The SMILES string of the molecule is OC[C@@H]1CCCN1[C@@H](C#Cc1ccccc1)c1ccccc1. The highest BCUT2D eigenvalue weighted by Gasteiger charge is 2.30. The normalized spacial score (nSPS) is 19.4. The first-order valence-electron chi connectivity index (χ1n) is 7.86. The molecule has 0 bridgehead atoms. The molecule has 2 aromatic rings. The van der Waals surface area contributed by atoms with Gasteiger partial charge in [0, 0.05) is 18.2 Å². The zero-order chi connectivity index (χ0) is 15.2. The van der Waals surface area contributed by atoms with Crippen LogP contribution in [0.5, 0.6) is 0 Å². The van der Waals surface area contributed by atoms with Crippen LogP contribution in [-0.2, 0) is 0 Å². The van der Waals surface area contributed by atoms with Gasteiger partial charge in [0.05, 0.1) is 12.6 Å². The Morgan fingerprint density at radius 2 is 1.73 bits per heavy atom. The number of nitrogens with zero attached hydrogens (tertiary/aromatic N) is 1. The van der Waals surface area contributed by atoms with Gasteiger partial charge < -0.3 is 5.11 Å². The molecule has 1 aliphatic rings. The first-order valence-corrected chi connectivity index (χ1v) is 7.86. The lowest BCUT2D eigenvalue weighted by Crippen LogP contribution is -2.35. The number of rotatable bonds is 3. The maximum atomic E-state index is 9.63. The van der Waals surface area contributed by atoms with Gasteiger partial charge in [-0.25, -0.2) is 0 Å². The molecule has 0 radical (unpaired) electrons. The molecular weight excluding hydrogens is 270 g/mol. The van der Waals surface area contributed by atoms with Crippen molar-refractivity contribution < 1.29 is 5.11 Å². The quantitative estimate of drug-likeness (QED) is 0.878. The molecule has 0 unspecified atom stereocenters. The van der Waals surface area contributed by atoms with Crippen LogP contribution in [0.3, 0.4) is 0 Å². The Morgan fingerprint density at radius 3 is 2.41 bits per heavy atom. The van der Waals surface area contributed by atoms with Gasteiger partial charge in [-0.2, -0.15) is 0 Å². The molecule has 1 heterocycles. The highest BCUT2D eigenvalue weighted by Crippen LogP contribution is 2.28. The van der Waals surface area contributed by atoms with Crippen LogP contribution in [0, 0.1) is 11.8 Å². The summed E-state index contributed by atoms with van der Waals surface area (Å²) in [6.45, 7) is 1.20. The van der Waals surface area contributed by atoms with Crippen molar-refractivity contribution in [3.63, 3.8) is 0 Å². The summed E-state index contributed by atoms with van der Waals surface area (Å²) in [6.07, 6.45) is 2.18. The van der Waals surface area contributed by atoms with Gasteiger partial charge in [0.25, 0.3) is 0 Å². The molecule has 0 aliphatic carbocycles. The lowest BCUT2D eigenvalue weighted by Gasteiger charge is -2.29. The van der Waals surface area contributed by atoms with Crippen molar-refractivity contribution in [2.24, 2.45) is 0 Å². The van der Waals surface area contributed by atoms with E-state index in [-0.39, 0.29) is 18.7 Å². The fourth-order valence-corrected chi connectivity index (χ4v) is 3.06. The number of benzene rings is 2. The van der Waals surface area contributed by atoms with Gasteiger partial charge in [-0.3, -0.25) is 4.90 Å². The average Bonchev–Trinajstić information content (AvgIpc) is 3.05. The molecule has 1 aliphatic heterocycles. The van der Waals surface area contributed by atoms with E-state index in [9.17, 15) is 5.11 Å². The Bertz CT molecular complexity index is 642. The van der Waals surface area contributed by atoms with Gasteiger partial charge in [-0.05, 0) is 30.5 Å². The topological polar surface area (TPSA) is 23.5 Å². The first kappa shape index (κ1) is 14.8. The minimum atomic E-state index is 0.0426. The maximum Gasteiger partial charge on any atom is 0.0977 e. The van der Waals surface area contributed by atoms with Crippen LogP contribution < -0.4 is 0 Å². The van der Waals surface area contributed by atoms with Crippen LogP contribution in [0.4, 0.5) is 0 Å². The third kappa shape index (κ3) is 3.39. The van der Waals surface area contributed by atoms with Crippen LogP contribution in [0.25, 0.3) is 0 Å². The maximum absolute atomic E-state index is 9.63. The third-order valence-corrected chi connectivity index (χ3v) is 4.21. The Labute approximate surface area is 132 Å². The fourth-order valence-electron chi connectivity index (χ4n) is 3.06. The third-order valence-electron chi connectivity index (χ3n) is 4.21. The summed E-state index contributed by atoms with van der Waals surface area (Å²) in [5, 5.41) is 9.63. The van der Waals surface area contributed by atoms with Gasteiger partial charge in [-0.15, -0.1) is 0 Å². The largest absolute Gasteiger partial charge is 0.395 e. The van der Waals surface area contributed by atoms with Gasteiger partial charge >= 0.3 is 0 Å². The predicted molar refractivity (Wildman–Crippen MR) is 89.3 cm³/mol. The molecule has 2 atom stereocenters. The second-order valence-corrected chi connectivity index (χ2v) is 5.67. The summed E-state index contributed by atoms with van der Waals surface area (Å²) in [5.41, 5.74) is 2.23. The summed E-state index contributed by atoms with van der Waals surface area (Å²) < 4.78 is 0. The summed E-state index contributed by atoms with van der Waals surface area (Å²) in [7, 11) is 0. The number of hydrogen-bond acceptors (Lipinski definition) is 2. The number of likely N-dealkylation sites (tertiary alicyclic amines) is 1. The molecule has 1 fully saturated rings. The van der Waals surface area contributed by atoms with Crippen molar-refractivity contribution in [2.45, 2.75) is 24.9 Å². The van der Waals surface area contributed by atoms with E-state index in [2.05, 4.69) is 41.0 Å². The van der Waals surface area contributed by atoms with Crippen molar-refractivity contribution in [3.8, 4) is 11.8 Å². The highest BCUT2D eigenvalue weighted by atomic mass is 16.3. The van der Waals surface area contributed by atoms with E-state index in [1.54, 1.807) is 0 Å². The molecule has 22 heavy (non-hydrogen) atoms. The molecule has 0 amide bonds. The van der Waals surface area contributed by atoms with E-state index < -0.39 is 0 Å². The molecule has 1 N–H and O–H groups in total. The minimum Gasteiger partial charge on any atom is -0.395 e. The van der Waals surface area contributed by atoms with Gasteiger partial charge in [0.15, 0.2) is 0 Å². The van der Waals surface area contributed by atoms with Crippen LogP contribution in [-0.4, -0.2) is 29.2 Å². The van der Waals surface area contributed by atoms with Crippen molar-refractivity contribution in [3.05, 3.63) is 71.8 Å². The summed E-state index contributed by atoms with van der Waals surface area (Å²) in [4.78, 5) is 2.34. The molecule has 3 rings (SSSR count). The monoisotopic (exact) mass is 291 g/mol. The Morgan fingerprint density at radius 1 is 1.05 bits per heavy atom. The summed E-state index contributed by atoms with van der Waals surface area (Å²) in [6, 6.07) is 20.7. The Balaban J connectivity index is 1.92. The molecular formula is C20H21NO. The van der Waals surface area contributed by atoms with Gasteiger partial charge in [-0.1, -0.05) is 60.4 Å². The summed E-state index contributed by atoms with van der Waals surface area (Å²) in [5.74, 6) is 6.71. The minimum absolute atomic E-state index is 0.0426. The van der Waals surface area contributed by atoms with E-state index in [4.69, 9.17) is 0 Å². The van der Waals surface area contributed by atoms with Crippen molar-refractivity contribution in [1.29, 1.82) is 0 Å². The molecule has 0 spiro atoms. The van der Waals surface area contributed by atoms with Crippen LogP contribution in [0.2, 0.25) is 0 Å². The molecule has 0 saturated carbocycles. The van der Waals surface area contributed by atoms with E-state index in [1.807, 2.05) is 36.4 Å². The fraction of sp³-hybridized carbons (Fsp3) is 0.300. The standard InChI is InChI=1S/C20H21NO/c22-16-19-12-7-15-21(19)20(18-10-5-2-6-11-18)14-13-17-8-3-1-4-9-17/h1-6,8-11,19-20,22H,7,12,15-16H2/t19-,20-/m0/s1. The second-order valence-electron chi connectivity index (χ2n) is 5.67. The first-order chi connectivity index (χ1) is 10.9. The van der Waals surface area contributed by atoms with Crippen LogP contribution in [0.15, 0.2) is 60.7 Å². The zero-order valence-corrected chi connectivity index (χ0v) is 12.7. The van der Waals surface area contributed by atoms with Crippen molar-refractivity contribution in [1.82, 2.24) is 4.90 Å². The smallest absolute Gasteiger partial charge is 0.0977 e. The van der Waals surface area contributed by atoms with Gasteiger partial charge in [0.1, 0.15) is 0 Å². The summed E-state index contributed by atoms with van der Waals surface area (Å²) >= 11 is 0. The van der Waals surface area contributed by atoms with E-state index in [0.717, 1.165) is 24.9 Å². The Kier molecular flexibility index (Phi) is 4.90. The van der Waals surface area contributed by atoms with Crippen molar-refractivity contribution in [2.75, 3.05) is 13.2 Å². The molecule has 2 aromatic carbocycles. The molecule has 2 heteroatoms. The lowest BCUT2D eigenvalue weighted by atomic mass is 10.0. The van der Waals surface area contributed by atoms with Crippen LogP contribution >= 0.6 is 0 Å². The zero-order valence-electron chi connectivity index (χ0n) is 12.7. The predicted octanol–water partition coefficient (Wildman–Crippen LogP) is 3.24. The number of aliphatic hydroxyl groups excluding tert-OH is 1. The van der Waals surface area contributed by atoms with E-state index in [1.165, 1.54) is 5.56 Å². The Hall–Kier alpha value is -2.08. The van der Waals surface area contributed by atoms with Crippen LogP contribution in [0.1, 0.15) is 30.0 Å². The molecule has 2 nitrogen and oxygen atoms in total. The van der Waals surface area contributed by atoms with Gasteiger partial charge in [0.2, 0.25) is 0 Å². The number of hydrogen-bond donors (Lipinski definition) is 1. The van der Waals surface area contributed by atoms with Crippen molar-refractivity contribution >= 4 is 0 Å². The van der Waals surface area contributed by atoms with E-state index >= 15 is 0 Å². The second kappa shape index (κ2) is 7.26. The average molecular weight is 291 g/mol. The number of aliphatic hydroxyl groups is 1. The lowest BCUT2D eigenvalue weighted by molar-refractivity contribution is 0.140. The van der Waals surface area contributed by atoms with E-state index in [0.29, 0.717) is 0 Å². The molecule has 1 saturated heterocycles. The highest BCUT2D eigenvalue weighted by molar-refractivity contribution is 5.37. The molecule has 0 aromatic heterocycles.